The fourth-order valence-corrected chi connectivity index (χ4v) is 10.6. The summed E-state index contributed by atoms with van der Waals surface area (Å²) in [7, 11) is -3.27. The van der Waals surface area contributed by atoms with Crippen LogP contribution in [0.1, 0.15) is 65.7 Å². The molecule has 8 atom stereocenters. The molecule has 5 heteroatoms. The van der Waals surface area contributed by atoms with Crippen LogP contribution < -0.4 is 0 Å². The Balaban J connectivity index is 1.70. The fraction of sp³-hybridized carbons (Fsp3) is 0.889. The predicted molar refractivity (Wildman–Crippen MR) is 138 cm³/mol. The van der Waals surface area contributed by atoms with Gasteiger partial charge in [0.1, 0.15) is 5.78 Å². The zero-order valence-corrected chi connectivity index (χ0v) is 24.2. The molecule has 0 radical (unpaired) electrons. The zero-order chi connectivity index (χ0) is 23.7. The average molecular weight is 477 g/mol. The van der Waals surface area contributed by atoms with Crippen LogP contribution in [0.15, 0.2) is 11.6 Å². The molecule has 0 aromatic carbocycles. The van der Waals surface area contributed by atoms with Crippen LogP contribution in [-0.2, 0) is 13.6 Å². The highest BCUT2D eigenvalue weighted by atomic mass is 28.4. The fourth-order valence-electron chi connectivity index (χ4n) is 8.47. The normalized spacial score (nSPS) is 44.3. The summed E-state index contributed by atoms with van der Waals surface area (Å²) in [5.41, 5.74) is 2.00. The third-order valence-electron chi connectivity index (χ3n) is 9.55. The van der Waals surface area contributed by atoms with E-state index >= 15 is 0 Å². The summed E-state index contributed by atoms with van der Waals surface area (Å²) in [5, 5.41) is 0. The van der Waals surface area contributed by atoms with Crippen molar-refractivity contribution in [3.05, 3.63) is 11.6 Å². The Kier molecular flexibility index (Phi) is 6.35. The van der Waals surface area contributed by atoms with Crippen LogP contribution >= 0.6 is 0 Å². The van der Waals surface area contributed by atoms with Gasteiger partial charge in [0.15, 0.2) is 16.6 Å². The molecule has 0 bridgehead atoms. The van der Waals surface area contributed by atoms with Crippen LogP contribution in [0.3, 0.4) is 0 Å². The monoisotopic (exact) mass is 476 g/mol. The lowest BCUT2D eigenvalue weighted by Crippen LogP contribution is -2.56. The molecule has 0 spiro atoms. The quantitative estimate of drug-likeness (QED) is 0.311. The lowest BCUT2D eigenvalue weighted by atomic mass is 9.46. The van der Waals surface area contributed by atoms with Gasteiger partial charge in [-0.1, -0.05) is 19.9 Å². The molecule has 4 aliphatic rings. The van der Waals surface area contributed by atoms with Crippen LogP contribution in [-0.4, -0.2) is 34.6 Å². The summed E-state index contributed by atoms with van der Waals surface area (Å²) in [5.74, 6) is 2.80. The molecule has 0 aromatic heterocycles. The molecule has 2 unspecified atom stereocenters. The predicted octanol–water partition coefficient (Wildman–Crippen LogP) is 7.20. The number of Topliss-reactive ketones (excluding diaryl/α,β-unsaturated/α-hetero) is 1. The van der Waals surface area contributed by atoms with Crippen molar-refractivity contribution in [2.75, 3.05) is 0 Å². The maximum Gasteiger partial charge on any atom is 0.184 e. The summed E-state index contributed by atoms with van der Waals surface area (Å²) in [6.45, 7) is 20.8. The molecule has 4 aliphatic carbocycles. The Morgan fingerprint density at radius 2 is 1.56 bits per heavy atom. The summed E-state index contributed by atoms with van der Waals surface area (Å²) in [6, 6.07) is 0. The van der Waals surface area contributed by atoms with Crippen LogP contribution in [0, 0.1) is 34.5 Å². The van der Waals surface area contributed by atoms with E-state index in [-0.39, 0.29) is 29.0 Å². The number of hydrogen-bond donors (Lipinski definition) is 0. The van der Waals surface area contributed by atoms with Crippen molar-refractivity contribution in [3.8, 4) is 0 Å². The van der Waals surface area contributed by atoms with Crippen LogP contribution in [0.2, 0.25) is 39.3 Å². The van der Waals surface area contributed by atoms with Crippen molar-refractivity contribution < 1.29 is 13.6 Å². The molecule has 0 aliphatic heterocycles. The van der Waals surface area contributed by atoms with Crippen molar-refractivity contribution in [1.29, 1.82) is 0 Å². The number of ketones is 1. The summed E-state index contributed by atoms with van der Waals surface area (Å²) in [4.78, 5) is 12.5. The van der Waals surface area contributed by atoms with E-state index in [1.54, 1.807) is 5.57 Å². The van der Waals surface area contributed by atoms with Gasteiger partial charge in [-0.05, 0) is 125 Å². The van der Waals surface area contributed by atoms with Gasteiger partial charge in [-0.25, -0.2) is 0 Å². The smallest absolute Gasteiger partial charge is 0.184 e. The molecule has 0 N–H and O–H groups in total. The highest BCUT2D eigenvalue weighted by Crippen LogP contribution is 2.67. The first-order valence-electron chi connectivity index (χ1n) is 13.2. The van der Waals surface area contributed by atoms with Gasteiger partial charge in [-0.2, -0.15) is 0 Å². The van der Waals surface area contributed by atoms with E-state index in [1.807, 2.05) is 6.92 Å². The van der Waals surface area contributed by atoms with Crippen LogP contribution in [0.4, 0.5) is 0 Å². The molecule has 3 nitrogen and oxygen atoms in total. The van der Waals surface area contributed by atoms with Gasteiger partial charge in [0.25, 0.3) is 0 Å². The van der Waals surface area contributed by atoms with E-state index < -0.39 is 16.6 Å². The van der Waals surface area contributed by atoms with Gasteiger partial charge < -0.3 is 8.85 Å². The number of rotatable bonds is 5. The first kappa shape index (κ1) is 24.9. The molecule has 3 saturated carbocycles. The van der Waals surface area contributed by atoms with E-state index in [9.17, 15) is 4.79 Å². The lowest BCUT2D eigenvalue weighted by molar-refractivity contribution is -0.129. The SMILES string of the molecule is CC(=O)[C@H]1CC[C@H]2[C@@H]3CC(O[Si](C)(C)C)C4=CC(O[Si](C)(C)C)CC[C@]4(C)[C@H]3CC[C@]12C. The summed E-state index contributed by atoms with van der Waals surface area (Å²) < 4.78 is 13.5. The third-order valence-corrected chi connectivity index (χ3v) is 11.6. The molecule has 182 valence electrons. The maximum absolute atomic E-state index is 12.5. The highest BCUT2D eigenvalue weighted by molar-refractivity contribution is 6.70. The second kappa shape index (κ2) is 8.17. The average Bonchev–Trinajstić information content (AvgIpc) is 2.98. The maximum atomic E-state index is 12.5. The zero-order valence-electron chi connectivity index (χ0n) is 22.2. The van der Waals surface area contributed by atoms with Gasteiger partial charge in [0, 0.05) is 5.92 Å². The number of fused-ring (bicyclic) bond motifs is 5. The van der Waals surface area contributed by atoms with E-state index in [0.29, 0.717) is 17.6 Å². The lowest BCUT2D eigenvalue weighted by Gasteiger charge is -2.60. The van der Waals surface area contributed by atoms with Crippen LogP contribution in [0.5, 0.6) is 0 Å². The minimum atomic E-state index is -1.69. The first-order valence-corrected chi connectivity index (χ1v) is 20.0. The van der Waals surface area contributed by atoms with Crippen LogP contribution in [0.25, 0.3) is 0 Å². The number of hydrogen-bond acceptors (Lipinski definition) is 3. The molecule has 0 saturated heterocycles. The van der Waals surface area contributed by atoms with E-state index in [0.717, 1.165) is 25.2 Å². The molecule has 32 heavy (non-hydrogen) atoms. The van der Waals surface area contributed by atoms with Crippen molar-refractivity contribution in [2.45, 2.75) is 117 Å². The van der Waals surface area contributed by atoms with Crippen molar-refractivity contribution >= 4 is 22.4 Å². The largest absolute Gasteiger partial charge is 0.411 e. The minimum Gasteiger partial charge on any atom is -0.411 e. The first-order chi connectivity index (χ1) is 14.6. The van der Waals surface area contributed by atoms with Crippen molar-refractivity contribution in [3.63, 3.8) is 0 Å². The third kappa shape index (κ3) is 4.41. The Labute approximate surface area is 199 Å². The van der Waals surface area contributed by atoms with E-state index in [1.165, 1.54) is 25.7 Å². The van der Waals surface area contributed by atoms with Gasteiger partial charge in [0.05, 0.1) is 12.2 Å². The van der Waals surface area contributed by atoms with E-state index in [2.05, 4.69) is 59.2 Å². The molecule has 0 heterocycles. The van der Waals surface area contributed by atoms with Gasteiger partial charge >= 0.3 is 0 Å². The van der Waals surface area contributed by atoms with Gasteiger partial charge in [0.2, 0.25) is 0 Å². The highest BCUT2D eigenvalue weighted by Gasteiger charge is 2.61. The molecular weight excluding hydrogens is 428 g/mol. The van der Waals surface area contributed by atoms with Crippen molar-refractivity contribution in [1.82, 2.24) is 0 Å². The number of carbonyl (C=O) groups excluding carboxylic acids is 1. The second-order valence-electron chi connectivity index (χ2n) is 14.0. The Morgan fingerprint density at radius 1 is 0.906 bits per heavy atom. The Bertz CT molecular complexity index is 779. The second-order valence-corrected chi connectivity index (χ2v) is 22.9. The topological polar surface area (TPSA) is 35.5 Å². The van der Waals surface area contributed by atoms with E-state index in [4.69, 9.17) is 8.85 Å². The van der Waals surface area contributed by atoms with Crippen molar-refractivity contribution in [2.24, 2.45) is 34.5 Å². The summed E-state index contributed by atoms with van der Waals surface area (Å²) in [6.07, 6.45) is 11.4. The summed E-state index contributed by atoms with van der Waals surface area (Å²) >= 11 is 0. The molecule has 0 amide bonds. The Hall–Kier alpha value is -0.236. The minimum absolute atomic E-state index is 0.201. The molecular formula is C27H48O3Si2. The van der Waals surface area contributed by atoms with Gasteiger partial charge in [-0.15, -0.1) is 0 Å². The Morgan fingerprint density at radius 3 is 2.16 bits per heavy atom. The molecule has 0 aromatic rings. The van der Waals surface area contributed by atoms with Gasteiger partial charge in [-0.3, -0.25) is 4.79 Å². The molecule has 3 fully saturated rings. The molecule has 4 rings (SSSR count). The standard InChI is InChI=1S/C27H48O3Si2/c1-18(28)21-10-11-22-20-17-25(30-32(7,8)9)24-16-19(29-31(4,5)6)12-14-27(24,3)23(20)13-15-26(21,22)2/h16,19-23,25H,10-15,17H2,1-9H3/t19?,20-,21+,22-,23-,25?,26+,27+/m0/s1. The number of carbonyl (C=O) groups is 1.